The lowest BCUT2D eigenvalue weighted by molar-refractivity contribution is 0.0918. The van der Waals surface area contributed by atoms with E-state index in [9.17, 15) is 13.2 Å². The molecule has 204 valence electrons. The highest BCUT2D eigenvalue weighted by molar-refractivity contribution is 5.90. The Labute approximate surface area is 216 Å². The molecule has 4 heterocycles. The molecule has 5 rings (SSSR count). The van der Waals surface area contributed by atoms with Crippen LogP contribution in [0.2, 0.25) is 0 Å². The van der Waals surface area contributed by atoms with Crippen LogP contribution in [0, 0.1) is 12.7 Å². The minimum Gasteiger partial charge on any atom is -0.479 e. The van der Waals surface area contributed by atoms with Crippen molar-refractivity contribution in [1.29, 1.82) is 0 Å². The summed E-state index contributed by atoms with van der Waals surface area (Å²) in [7, 11) is 3.06. The number of piperidine rings is 1. The second kappa shape index (κ2) is 10.7. The smallest absolute Gasteiger partial charge is 0.256 e. The van der Waals surface area contributed by atoms with Gasteiger partial charge < -0.3 is 19.4 Å². The van der Waals surface area contributed by atoms with Gasteiger partial charge in [0, 0.05) is 38.5 Å². The Bertz CT molecular complexity index is 1440. The van der Waals surface area contributed by atoms with Crippen molar-refractivity contribution in [3.05, 3.63) is 36.0 Å². The van der Waals surface area contributed by atoms with E-state index in [0.717, 1.165) is 0 Å². The molecule has 4 aromatic rings. The fourth-order valence-electron chi connectivity index (χ4n) is 4.97. The van der Waals surface area contributed by atoms with E-state index in [0.29, 0.717) is 48.6 Å². The Morgan fingerprint density at radius 2 is 2.03 bits per heavy atom. The third-order valence-electron chi connectivity index (χ3n) is 6.85. The molecule has 38 heavy (non-hydrogen) atoms. The summed E-state index contributed by atoms with van der Waals surface area (Å²) in [5, 5.41) is 7.56. The Morgan fingerprint density at radius 1 is 1.21 bits per heavy atom. The van der Waals surface area contributed by atoms with Crippen LogP contribution in [-0.4, -0.2) is 88.1 Å². The molecular weight excluding hydrogens is 506 g/mol. The highest BCUT2D eigenvalue weighted by atomic mass is 19.3. The highest BCUT2D eigenvalue weighted by Gasteiger charge is 2.30. The number of halogens is 4. The van der Waals surface area contributed by atoms with E-state index in [1.165, 1.54) is 22.3 Å². The zero-order valence-electron chi connectivity index (χ0n) is 21.3. The van der Waals surface area contributed by atoms with Gasteiger partial charge in [-0.1, -0.05) is 0 Å². The van der Waals surface area contributed by atoms with Crippen LogP contribution in [0.25, 0.3) is 27.7 Å². The predicted octanol–water partition coefficient (Wildman–Crippen LogP) is 3.94. The number of anilines is 1. The van der Waals surface area contributed by atoms with Gasteiger partial charge in [0.15, 0.2) is 5.82 Å². The summed E-state index contributed by atoms with van der Waals surface area (Å²) in [6.07, 6.45) is -1.52. The van der Waals surface area contributed by atoms with Crippen LogP contribution < -0.4 is 10.1 Å². The SMILES string of the molecule is COCCN1CC[C@@H](Nc2nc(OC)c3c(-c4cc(F)c5nc(C)n(CC(F)F)c5c4)ccn3n2)[C@H](F)C1. The molecule has 9 nitrogen and oxygen atoms in total. The van der Waals surface area contributed by atoms with Crippen LogP contribution in [0.4, 0.5) is 23.5 Å². The maximum atomic E-state index is 15.0. The third kappa shape index (κ3) is 4.99. The van der Waals surface area contributed by atoms with Gasteiger partial charge in [-0.15, -0.1) is 5.10 Å². The van der Waals surface area contributed by atoms with E-state index in [4.69, 9.17) is 9.47 Å². The normalized spacial score (nSPS) is 18.6. The number of hydrogen-bond acceptors (Lipinski definition) is 7. The molecule has 0 spiro atoms. The van der Waals surface area contributed by atoms with E-state index < -0.39 is 31.0 Å². The number of fused-ring (bicyclic) bond motifs is 2. The maximum Gasteiger partial charge on any atom is 0.256 e. The Kier molecular flexibility index (Phi) is 7.39. The zero-order chi connectivity index (χ0) is 27.0. The average molecular weight is 536 g/mol. The molecule has 0 radical (unpaired) electrons. The van der Waals surface area contributed by atoms with Crippen molar-refractivity contribution in [3.63, 3.8) is 0 Å². The van der Waals surface area contributed by atoms with Gasteiger partial charge in [0.2, 0.25) is 11.8 Å². The van der Waals surface area contributed by atoms with Gasteiger partial charge in [0.1, 0.15) is 23.0 Å². The lowest BCUT2D eigenvalue weighted by atomic mass is 10.0. The lowest BCUT2D eigenvalue weighted by Gasteiger charge is -2.34. The van der Waals surface area contributed by atoms with Gasteiger partial charge in [-0.3, -0.25) is 4.90 Å². The molecule has 0 bridgehead atoms. The number of imidazole rings is 1. The molecule has 1 aliphatic heterocycles. The van der Waals surface area contributed by atoms with E-state index in [-0.39, 0.29) is 29.4 Å². The standard InChI is InChI=1S/C25H29F4N7O2/c1-14-30-22-17(26)10-15(11-20(22)35(14)13-21(28)29)16-4-7-36-23(16)24(38-3)32-25(33-36)31-19-5-6-34(8-9-37-2)12-18(19)27/h4,7,10-11,18-19,21H,5-6,8-9,12-13H2,1-3H3,(H,31,33)/t18-,19-/m1/s1. The number of hydrogen-bond donors (Lipinski definition) is 1. The van der Waals surface area contributed by atoms with Gasteiger partial charge >= 0.3 is 0 Å². The Morgan fingerprint density at radius 3 is 2.74 bits per heavy atom. The van der Waals surface area contributed by atoms with Crippen molar-refractivity contribution in [2.75, 3.05) is 45.8 Å². The summed E-state index contributed by atoms with van der Waals surface area (Å²) in [5.41, 5.74) is 1.73. The summed E-state index contributed by atoms with van der Waals surface area (Å²) < 4.78 is 69.7. The average Bonchev–Trinajstić information content (AvgIpc) is 3.45. The predicted molar refractivity (Wildman–Crippen MR) is 134 cm³/mol. The van der Waals surface area contributed by atoms with E-state index in [1.807, 2.05) is 4.90 Å². The van der Waals surface area contributed by atoms with Crippen molar-refractivity contribution in [1.82, 2.24) is 29.0 Å². The van der Waals surface area contributed by atoms with Crippen molar-refractivity contribution in [2.45, 2.75) is 38.5 Å². The monoisotopic (exact) mass is 535 g/mol. The van der Waals surface area contributed by atoms with Crippen molar-refractivity contribution >= 4 is 22.5 Å². The summed E-state index contributed by atoms with van der Waals surface area (Å²) >= 11 is 0. The zero-order valence-corrected chi connectivity index (χ0v) is 21.3. The van der Waals surface area contributed by atoms with Crippen LogP contribution in [0.1, 0.15) is 12.2 Å². The maximum absolute atomic E-state index is 15.0. The first kappa shape index (κ1) is 26.2. The first-order valence-corrected chi connectivity index (χ1v) is 12.3. The highest BCUT2D eigenvalue weighted by Crippen LogP contribution is 2.34. The molecule has 1 aromatic carbocycles. The molecule has 0 amide bonds. The molecule has 1 aliphatic rings. The molecule has 1 fully saturated rings. The fourth-order valence-corrected chi connectivity index (χ4v) is 4.97. The Balaban J connectivity index is 1.47. The summed E-state index contributed by atoms with van der Waals surface area (Å²) in [6, 6.07) is 4.16. The minimum atomic E-state index is -2.62. The number of alkyl halides is 3. The molecule has 1 N–H and O–H groups in total. The third-order valence-corrected chi connectivity index (χ3v) is 6.85. The summed E-state index contributed by atoms with van der Waals surface area (Å²) in [5.74, 6) is 0.0670. The van der Waals surface area contributed by atoms with Crippen LogP contribution in [-0.2, 0) is 11.3 Å². The largest absolute Gasteiger partial charge is 0.479 e. The molecule has 0 aliphatic carbocycles. The molecule has 2 atom stereocenters. The van der Waals surface area contributed by atoms with Crippen LogP contribution in [0.5, 0.6) is 5.88 Å². The number of nitrogens with one attached hydrogen (secondary N) is 1. The first-order chi connectivity index (χ1) is 18.3. The number of likely N-dealkylation sites (tertiary alicyclic amines) is 1. The van der Waals surface area contributed by atoms with E-state index in [2.05, 4.69) is 20.4 Å². The number of methoxy groups -OCH3 is 2. The minimum absolute atomic E-state index is 0.0270. The summed E-state index contributed by atoms with van der Waals surface area (Å²) in [6.45, 7) is 3.17. The van der Waals surface area contributed by atoms with Gasteiger partial charge in [-0.25, -0.2) is 27.1 Å². The van der Waals surface area contributed by atoms with Gasteiger partial charge in [-0.05, 0) is 37.1 Å². The van der Waals surface area contributed by atoms with Gasteiger partial charge in [0.05, 0.1) is 31.8 Å². The second-order valence-electron chi connectivity index (χ2n) is 9.30. The van der Waals surface area contributed by atoms with E-state index >= 15 is 4.39 Å². The number of aromatic nitrogens is 5. The summed E-state index contributed by atoms with van der Waals surface area (Å²) in [4.78, 5) is 10.6. The number of rotatable bonds is 9. The molecular formula is C25H29F4N7O2. The van der Waals surface area contributed by atoms with Gasteiger partial charge in [-0.2, -0.15) is 4.98 Å². The quantitative estimate of drug-likeness (QED) is 0.325. The number of benzene rings is 1. The number of aryl methyl sites for hydroxylation is 1. The molecule has 1 saturated heterocycles. The Hall–Kier alpha value is -3.45. The number of nitrogens with zero attached hydrogens (tertiary/aromatic N) is 6. The second-order valence-corrected chi connectivity index (χ2v) is 9.30. The van der Waals surface area contributed by atoms with Crippen molar-refractivity contribution < 1.29 is 27.0 Å². The number of ether oxygens (including phenoxy) is 2. The fraction of sp³-hybridized carbons (Fsp3) is 0.480. The van der Waals surface area contributed by atoms with Crippen molar-refractivity contribution in [3.8, 4) is 17.0 Å². The molecule has 0 unspecified atom stereocenters. The van der Waals surface area contributed by atoms with E-state index in [1.54, 1.807) is 32.4 Å². The molecule has 13 heteroatoms. The van der Waals surface area contributed by atoms with Crippen LogP contribution >= 0.6 is 0 Å². The van der Waals surface area contributed by atoms with Gasteiger partial charge in [0.25, 0.3) is 6.43 Å². The molecule has 0 saturated carbocycles. The van der Waals surface area contributed by atoms with Crippen molar-refractivity contribution in [2.24, 2.45) is 0 Å². The first-order valence-electron chi connectivity index (χ1n) is 12.3. The lowest BCUT2D eigenvalue weighted by Crippen LogP contribution is -2.48. The van der Waals surface area contributed by atoms with Crippen LogP contribution in [0.3, 0.4) is 0 Å². The topological polar surface area (TPSA) is 81.7 Å². The molecule has 3 aromatic heterocycles. The van der Waals surface area contributed by atoms with Crippen LogP contribution in [0.15, 0.2) is 24.4 Å².